The molecule has 1 aromatic heterocycles. The third kappa shape index (κ3) is 1.15. The summed E-state index contributed by atoms with van der Waals surface area (Å²) >= 11 is 0. The van der Waals surface area contributed by atoms with E-state index in [1.54, 1.807) is 6.20 Å². The van der Waals surface area contributed by atoms with Gasteiger partial charge in [0, 0.05) is 17.8 Å². The zero-order chi connectivity index (χ0) is 11.4. The predicted octanol–water partition coefficient (Wildman–Crippen LogP) is 1.61. The van der Waals surface area contributed by atoms with Crippen molar-refractivity contribution in [1.82, 2.24) is 9.88 Å². The van der Waals surface area contributed by atoms with Gasteiger partial charge in [-0.25, -0.2) is 0 Å². The van der Waals surface area contributed by atoms with E-state index in [0.29, 0.717) is 17.8 Å². The van der Waals surface area contributed by atoms with Crippen molar-refractivity contribution in [2.75, 3.05) is 0 Å². The minimum absolute atomic E-state index is 0.0460. The first kappa shape index (κ1) is 9.33. The van der Waals surface area contributed by atoms with E-state index >= 15 is 0 Å². The molecule has 2 unspecified atom stereocenters. The van der Waals surface area contributed by atoms with Gasteiger partial charge in [-0.1, -0.05) is 0 Å². The first-order valence-corrected chi connectivity index (χ1v) is 6.21. The molecule has 2 bridgehead atoms. The molecule has 1 fully saturated rings. The highest BCUT2D eigenvalue weighted by Crippen LogP contribution is 2.36. The predicted molar refractivity (Wildman–Crippen MR) is 63.0 cm³/mol. The van der Waals surface area contributed by atoms with Crippen molar-refractivity contribution < 1.29 is 4.79 Å². The highest BCUT2D eigenvalue weighted by atomic mass is 16.2. The molecule has 1 aromatic rings. The normalized spacial score (nSPS) is 29.8. The van der Waals surface area contributed by atoms with Gasteiger partial charge in [-0.05, 0) is 37.8 Å². The van der Waals surface area contributed by atoms with Crippen LogP contribution in [0.15, 0.2) is 23.3 Å². The Morgan fingerprint density at radius 3 is 3.24 bits per heavy atom. The Bertz CT molecular complexity index is 537. The fourth-order valence-corrected chi connectivity index (χ4v) is 3.23. The molecule has 4 heteroatoms. The third-order valence-electron chi connectivity index (χ3n) is 3.99. The van der Waals surface area contributed by atoms with Gasteiger partial charge in [-0.3, -0.25) is 19.7 Å². The number of aliphatic imine (C=N–C) groups is 1. The van der Waals surface area contributed by atoms with Crippen molar-refractivity contribution in [2.24, 2.45) is 4.99 Å². The van der Waals surface area contributed by atoms with Gasteiger partial charge >= 0.3 is 0 Å². The molecule has 2 aliphatic heterocycles. The molecule has 4 rings (SSSR count). The van der Waals surface area contributed by atoms with Gasteiger partial charge in [0.2, 0.25) is 0 Å². The van der Waals surface area contributed by atoms with Gasteiger partial charge in [-0.2, -0.15) is 0 Å². The quantitative estimate of drug-likeness (QED) is 0.676. The molecule has 0 spiro atoms. The zero-order valence-corrected chi connectivity index (χ0v) is 9.47. The summed E-state index contributed by atoms with van der Waals surface area (Å²) < 4.78 is 0. The second-order valence-electron chi connectivity index (χ2n) is 5.00. The van der Waals surface area contributed by atoms with Crippen LogP contribution in [0.4, 0.5) is 0 Å². The van der Waals surface area contributed by atoms with Crippen LogP contribution < -0.4 is 0 Å². The van der Waals surface area contributed by atoms with Crippen LogP contribution in [0.1, 0.15) is 41.7 Å². The summed E-state index contributed by atoms with van der Waals surface area (Å²) in [5.41, 5.74) is 1.51. The zero-order valence-electron chi connectivity index (χ0n) is 9.47. The smallest absolute Gasteiger partial charge is 0.279 e. The number of carbonyl (C=O) groups excluding carboxylic acids is 1. The molecule has 0 aromatic carbocycles. The number of pyridine rings is 1. The Balaban J connectivity index is 1.92. The lowest BCUT2D eigenvalue weighted by atomic mass is 9.88. The fraction of sp³-hybridized carbons (Fsp3) is 0.462. The minimum Gasteiger partial charge on any atom is -0.288 e. The van der Waals surface area contributed by atoms with E-state index in [-0.39, 0.29) is 5.91 Å². The topological polar surface area (TPSA) is 45.6 Å². The largest absolute Gasteiger partial charge is 0.288 e. The number of rotatable bonds is 0. The average molecular weight is 227 g/mol. The van der Waals surface area contributed by atoms with Crippen molar-refractivity contribution in [3.05, 3.63) is 29.6 Å². The lowest BCUT2D eigenvalue weighted by molar-refractivity contribution is 0.0765. The van der Waals surface area contributed by atoms with Crippen LogP contribution in [0.2, 0.25) is 0 Å². The number of amidine groups is 1. The summed E-state index contributed by atoms with van der Waals surface area (Å²) in [5.74, 6) is 0.920. The second-order valence-corrected chi connectivity index (χ2v) is 5.00. The molecular formula is C13H13N3O. The summed E-state index contributed by atoms with van der Waals surface area (Å²) in [6.45, 7) is 0. The maximum atomic E-state index is 12.3. The van der Waals surface area contributed by atoms with Gasteiger partial charge in [0.15, 0.2) is 0 Å². The van der Waals surface area contributed by atoms with Crippen LogP contribution in [-0.4, -0.2) is 33.7 Å². The molecule has 3 aliphatic rings. The maximum Gasteiger partial charge on any atom is 0.279 e. The van der Waals surface area contributed by atoms with E-state index in [4.69, 9.17) is 4.99 Å². The summed E-state index contributed by atoms with van der Waals surface area (Å²) in [7, 11) is 0. The first-order valence-electron chi connectivity index (χ1n) is 6.21. The highest BCUT2D eigenvalue weighted by molar-refractivity contribution is 6.22. The minimum atomic E-state index is 0.0460. The number of carbonyl (C=O) groups is 1. The van der Waals surface area contributed by atoms with Crippen LogP contribution in [0.3, 0.4) is 0 Å². The van der Waals surface area contributed by atoms with E-state index in [1.807, 2.05) is 17.0 Å². The van der Waals surface area contributed by atoms with Gasteiger partial charge in [0.25, 0.3) is 5.91 Å². The van der Waals surface area contributed by atoms with Crippen molar-refractivity contribution >= 4 is 11.7 Å². The monoisotopic (exact) mass is 227 g/mol. The van der Waals surface area contributed by atoms with Crippen LogP contribution in [0.25, 0.3) is 0 Å². The second kappa shape index (κ2) is 3.15. The summed E-state index contributed by atoms with van der Waals surface area (Å²) in [6, 6.07) is 4.60. The number of aromatic nitrogens is 1. The van der Waals surface area contributed by atoms with E-state index in [9.17, 15) is 4.79 Å². The first-order chi connectivity index (χ1) is 8.34. The van der Waals surface area contributed by atoms with Crippen molar-refractivity contribution in [1.29, 1.82) is 0 Å². The van der Waals surface area contributed by atoms with Gasteiger partial charge in [0.05, 0.1) is 6.04 Å². The molecule has 0 radical (unpaired) electrons. The van der Waals surface area contributed by atoms with Gasteiger partial charge in [0.1, 0.15) is 11.5 Å². The Labute approximate surface area is 99.4 Å². The number of fused-ring (bicyclic) bond motifs is 6. The number of hydrogen-bond acceptors (Lipinski definition) is 3. The van der Waals surface area contributed by atoms with E-state index < -0.39 is 0 Å². The van der Waals surface area contributed by atoms with E-state index in [0.717, 1.165) is 30.7 Å². The lowest BCUT2D eigenvalue weighted by Crippen LogP contribution is -2.47. The number of hydrogen-bond donors (Lipinski definition) is 0. The summed E-state index contributed by atoms with van der Waals surface area (Å²) in [4.78, 5) is 23.1. The molecule has 1 aliphatic carbocycles. The van der Waals surface area contributed by atoms with Crippen molar-refractivity contribution in [3.8, 4) is 0 Å². The number of amides is 1. The maximum absolute atomic E-state index is 12.3. The molecule has 0 saturated heterocycles. The summed E-state index contributed by atoms with van der Waals surface area (Å²) in [6.07, 6.45) is 6.16. The molecule has 1 amide bonds. The average Bonchev–Trinajstić information content (AvgIpc) is 2.64. The summed E-state index contributed by atoms with van der Waals surface area (Å²) in [5, 5.41) is 0. The number of nitrogens with zero attached hydrogens (tertiary/aromatic N) is 3. The van der Waals surface area contributed by atoms with E-state index in [2.05, 4.69) is 4.98 Å². The Kier molecular flexibility index (Phi) is 1.73. The Morgan fingerprint density at radius 2 is 2.29 bits per heavy atom. The Hall–Kier alpha value is -1.71. The van der Waals surface area contributed by atoms with Crippen LogP contribution in [0.5, 0.6) is 0 Å². The van der Waals surface area contributed by atoms with Gasteiger partial charge in [-0.15, -0.1) is 0 Å². The molecule has 1 saturated carbocycles. The fourth-order valence-electron chi connectivity index (χ4n) is 3.23. The van der Waals surface area contributed by atoms with Crippen molar-refractivity contribution in [2.45, 2.75) is 37.8 Å². The Morgan fingerprint density at radius 1 is 1.35 bits per heavy atom. The molecule has 17 heavy (non-hydrogen) atoms. The SMILES string of the molecule is O=C1c2ncccc2C2=NC3CCCC(C3)N12. The molecule has 0 N–H and O–H groups in total. The van der Waals surface area contributed by atoms with Crippen LogP contribution in [-0.2, 0) is 0 Å². The molecule has 4 nitrogen and oxygen atoms in total. The highest BCUT2D eigenvalue weighted by Gasteiger charge is 2.44. The van der Waals surface area contributed by atoms with Gasteiger partial charge < -0.3 is 0 Å². The molecule has 86 valence electrons. The molecular weight excluding hydrogens is 214 g/mol. The van der Waals surface area contributed by atoms with E-state index in [1.165, 1.54) is 6.42 Å². The van der Waals surface area contributed by atoms with Crippen LogP contribution in [0, 0.1) is 0 Å². The standard InChI is InChI=1S/C13H13N3O/c17-13-11-10(5-2-6-14-11)12-15-8-3-1-4-9(7-8)16(12)13/h2,5-6,8-9H,1,3-4,7H2. The molecule has 3 heterocycles. The van der Waals surface area contributed by atoms with Crippen LogP contribution >= 0.6 is 0 Å². The lowest BCUT2D eigenvalue weighted by Gasteiger charge is -2.38. The third-order valence-corrected chi connectivity index (χ3v) is 3.99. The van der Waals surface area contributed by atoms with Crippen molar-refractivity contribution in [3.63, 3.8) is 0 Å². The molecule has 2 atom stereocenters.